The van der Waals surface area contributed by atoms with Crippen LogP contribution in [0.15, 0.2) is 41.5 Å². The highest BCUT2D eigenvalue weighted by atomic mass is 32.1. The Bertz CT molecular complexity index is 1660. The van der Waals surface area contributed by atoms with Crippen LogP contribution >= 0.6 is 22.7 Å². The minimum atomic E-state index is -0.633. The molecule has 41 heavy (non-hydrogen) atoms. The van der Waals surface area contributed by atoms with Crippen LogP contribution in [0.3, 0.4) is 0 Å². The minimum Gasteiger partial charge on any atom is -0.462 e. The van der Waals surface area contributed by atoms with Crippen LogP contribution in [0.4, 0.5) is 5.00 Å². The molecule has 3 heterocycles. The maximum atomic E-state index is 13.5. The van der Waals surface area contributed by atoms with Crippen molar-refractivity contribution in [2.75, 3.05) is 11.9 Å². The van der Waals surface area contributed by atoms with Crippen LogP contribution in [-0.4, -0.2) is 40.1 Å². The van der Waals surface area contributed by atoms with Crippen molar-refractivity contribution in [2.24, 2.45) is 0 Å². The van der Waals surface area contributed by atoms with Crippen molar-refractivity contribution in [3.8, 4) is 0 Å². The summed E-state index contributed by atoms with van der Waals surface area (Å²) in [6.07, 6.45) is 6.12. The van der Waals surface area contributed by atoms with E-state index in [1.807, 2.05) is 30.3 Å². The third-order valence-electron chi connectivity index (χ3n) is 7.18. The van der Waals surface area contributed by atoms with Gasteiger partial charge >= 0.3 is 11.9 Å². The number of thiophene rings is 2. The number of aromatic nitrogens is 2. The summed E-state index contributed by atoms with van der Waals surface area (Å²) in [6, 6.07) is 9.58. The maximum Gasteiger partial charge on any atom is 0.348 e. The van der Waals surface area contributed by atoms with E-state index in [-0.39, 0.29) is 33.7 Å². The normalized spacial score (nSPS) is 13.7. The summed E-state index contributed by atoms with van der Waals surface area (Å²) < 4.78 is 12.5. The van der Waals surface area contributed by atoms with Gasteiger partial charge in [0.2, 0.25) is 0 Å². The second-order valence-electron chi connectivity index (χ2n) is 10.00. The number of amides is 1. The molecule has 0 aliphatic heterocycles. The quantitative estimate of drug-likeness (QED) is 0.245. The number of fused-ring (bicyclic) bond motifs is 1. The van der Waals surface area contributed by atoms with Gasteiger partial charge in [0, 0.05) is 0 Å². The van der Waals surface area contributed by atoms with Gasteiger partial charge in [0.25, 0.3) is 11.5 Å². The molecular weight excluding hydrogens is 562 g/mol. The molecule has 5 rings (SSSR count). The van der Waals surface area contributed by atoms with E-state index in [2.05, 4.69) is 10.3 Å². The number of benzene rings is 1. The molecule has 4 aromatic rings. The molecule has 0 atom stereocenters. The van der Waals surface area contributed by atoms with Gasteiger partial charge in [0.05, 0.1) is 35.3 Å². The Hall–Kier alpha value is -3.83. The monoisotopic (exact) mass is 593 g/mol. The summed E-state index contributed by atoms with van der Waals surface area (Å²) in [5.74, 6) is -1.64. The first kappa shape index (κ1) is 28.7. The van der Waals surface area contributed by atoms with E-state index < -0.39 is 17.8 Å². The third kappa shape index (κ3) is 5.96. The summed E-state index contributed by atoms with van der Waals surface area (Å²) in [5, 5.41) is 3.39. The van der Waals surface area contributed by atoms with Gasteiger partial charge < -0.3 is 14.8 Å². The SMILES string of the molecule is CCOC(=O)c1c(NC(=O)c2sc3ncn(Cc4ccccc4)c(=O)c3c2C)sc(C(=O)OC2CCCCC2)c1C. The van der Waals surface area contributed by atoms with E-state index in [9.17, 15) is 19.2 Å². The molecule has 1 aliphatic carbocycles. The Morgan fingerprint density at radius 2 is 1.73 bits per heavy atom. The smallest absolute Gasteiger partial charge is 0.348 e. The summed E-state index contributed by atoms with van der Waals surface area (Å²) in [4.78, 5) is 58.3. The fourth-order valence-electron chi connectivity index (χ4n) is 5.06. The van der Waals surface area contributed by atoms with Gasteiger partial charge in [0.15, 0.2) is 0 Å². The summed E-state index contributed by atoms with van der Waals surface area (Å²) >= 11 is 2.10. The fourth-order valence-corrected chi connectivity index (χ4v) is 7.17. The number of aryl methyl sites for hydroxylation is 1. The number of rotatable bonds is 8. The van der Waals surface area contributed by atoms with Crippen molar-refractivity contribution in [3.63, 3.8) is 0 Å². The van der Waals surface area contributed by atoms with Gasteiger partial charge in [-0.05, 0) is 63.1 Å². The average molecular weight is 594 g/mol. The number of hydrogen-bond acceptors (Lipinski definition) is 9. The topological polar surface area (TPSA) is 117 Å². The van der Waals surface area contributed by atoms with Gasteiger partial charge in [-0.15, -0.1) is 22.7 Å². The molecule has 214 valence electrons. The summed E-state index contributed by atoms with van der Waals surface area (Å²) in [5.41, 5.74) is 1.76. The lowest BCUT2D eigenvalue weighted by molar-refractivity contribution is 0.0216. The van der Waals surface area contributed by atoms with Crippen molar-refractivity contribution < 1.29 is 23.9 Å². The van der Waals surface area contributed by atoms with Crippen LogP contribution in [0.5, 0.6) is 0 Å². The summed E-state index contributed by atoms with van der Waals surface area (Å²) in [6.45, 7) is 5.55. The number of anilines is 1. The van der Waals surface area contributed by atoms with E-state index in [1.165, 1.54) is 10.9 Å². The molecule has 1 aromatic carbocycles. The Balaban J connectivity index is 1.45. The minimum absolute atomic E-state index is 0.128. The molecule has 1 aliphatic rings. The lowest BCUT2D eigenvalue weighted by atomic mass is 9.98. The fraction of sp³-hybridized carbons (Fsp3) is 0.367. The van der Waals surface area contributed by atoms with Crippen LogP contribution < -0.4 is 10.9 Å². The number of carbonyl (C=O) groups is 3. The Labute approximate surface area is 245 Å². The molecule has 1 fully saturated rings. The molecule has 0 saturated heterocycles. The lowest BCUT2D eigenvalue weighted by Gasteiger charge is -2.21. The highest BCUT2D eigenvalue weighted by molar-refractivity contribution is 7.21. The van der Waals surface area contributed by atoms with E-state index in [4.69, 9.17) is 9.47 Å². The van der Waals surface area contributed by atoms with Gasteiger partial charge in [-0.2, -0.15) is 0 Å². The highest BCUT2D eigenvalue weighted by Crippen LogP contribution is 2.36. The first-order chi connectivity index (χ1) is 19.8. The number of nitrogens with one attached hydrogen (secondary N) is 1. The molecule has 3 aromatic heterocycles. The molecule has 0 bridgehead atoms. The second-order valence-corrected chi connectivity index (χ2v) is 12.0. The van der Waals surface area contributed by atoms with Crippen LogP contribution in [0.1, 0.15) is 85.4 Å². The average Bonchev–Trinajstić information content (AvgIpc) is 3.48. The van der Waals surface area contributed by atoms with Crippen molar-refractivity contribution in [1.29, 1.82) is 0 Å². The number of ether oxygens (including phenoxy) is 2. The van der Waals surface area contributed by atoms with Crippen molar-refractivity contribution >= 4 is 55.7 Å². The van der Waals surface area contributed by atoms with Crippen LogP contribution in [0.2, 0.25) is 0 Å². The van der Waals surface area contributed by atoms with Crippen LogP contribution in [0, 0.1) is 13.8 Å². The summed E-state index contributed by atoms with van der Waals surface area (Å²) in [7, 11) is 0. The molecule has 0 unspecified atom stereocenters. The van der Waals surface area contributed by atoms with Gasteiger partial charge in [-0.25, -0.2) is 14.6 Å². The largest absolute Gasteiger partial charge is 0.462 e. The predicted molar refractivity (Wildman–Crippen MR) is 159 cm³/mol. The zero-order valence-electron chi connectivity index (χ0n) is 23.2. The predicted octanol–water partition coefficient (Wildman–Crippen LogP) is 6.10. The zero-order chi connectivity index (χ0) is 29.1. The first-order valence-electron chi connectivity index (χ1n) is 13.6. The first-order valence-corrected chi connectivity index (χ1v) is 15.3. The van der Waals surface area contributed by atoms with E-state index >= 15 is 0 Å². The van der Waals surface area contributed by atoms with Crippen molar-refractivity contribution in [2.45, 2.75) is 65.5 Å². The number of esters is 2. The Morgan fingerprint density at radius 1 is 1.00 bits per heavy atom. The zero-order valence-corrected chi connectivity index (χ0v) is 24.8. The third-order valence-corrected chi connectivity index (χ3v) is 9.57. The number of nitrogens with zero attached hydrogens (tertiary/aromatic N) is 2. The van der Waals surface area contributed by atoms with Gasteiger partial charge in [0.1, 0.15) is 20.8 Å². The number of carbonyl (C=O) groups excluding carboxylic acids is 3. The van der Waals surface area contributed by atoms with E-state index in [1.54, 1.807) is 20.8 Å². The maximum absolute atomic E-state index is 13.5. The lowest BCUT2D eigenvalue weighted by Crippen LogP contribution is -2.21. The second kappa shape index (κ2) is 12.4. The molecule has 9 nitrogen and oxygen atoms in total. The van der Waals surface area contributed by atoms with Crippen LogP contribution in [-0.2, 0) is 16.0 Å². The van der Waals surface area contributed by atoms with E-state index in [0.29, 0.717) is 32.8 Å². The molecule has 1 saturated carbocycles. The molecule has 0 radical (unpaired) electrons. The molecule has 0 spiro atoms. The highest BCUT2D eigenvalue weighted by Gasteiger charge is 2.30. The standard InChI is InChI=1S/C30H31N3O6S2/c1-4-38-29(36)22-18(3)24(30(37)39-20-13-9-6-10-14-20)41-27(22)32-25(34)23-17(2)21-26(40-23)31-16-33(28(21)35)15-19-11-7-5-8-12-19/h5,7-8,11-12,16,20H,4,6,9-10,13-15H2,1-3H3,(H,32,34). The molecule has 1 N–H and O–H groups in total. The van der Waals surface area contributed by atoms with Crippen LogP contribution in [0.25, 0.3) is 10.2 Å². The van der Waals surface area contributed by atoms with Gasteiger partial charge in [-0.1, -0.05) is 36.8 Å². The Kier molecular flexibility index (Phi) is 8.65. The molecular formula is C30H31N3O6S2. The van der Waals surface area contributed by atoms with Crippen molar-refractivity contribution in [3.05, 3.63) is 79.0 Å². The number of hydrogen-bond donors (Lipinski definition) is 1. The molecule has 1 amide bonds. The Morgan fingerprint density at radius 3 is 2.44 bits per heavy atom. The van der Waals surface area contributed by atoms with E-state index in [0.717, 1.165) is 60.3 Å². The van der Waals surface area contributed by atoms with Gasteiger partial charge in [-0.3, -0.25) is 14.2 Å². The van der Waals surface area contributed by atoms with Crippen molar-refractivity contribution in [1.82, 2.24) is 9.55 Å². The molecule has 11 heteroatoms.